The molecular weight excluding hydrogens is 133 g/mol. The van der Waals surface area contributed by atoms with E-state index in [9.17, 15) is 0 Å². The molecule has 0 aromatic heterocycles. The summed E-state index contributed by atoms with van der Waals surface area (Å²) in [7, 11) is 2.49. The molecule has 58 valence electrons. The van der Waals surface area contributed by atoms with Crippen molar-refractivity contribution in [1.82, 2.24) is 0 Å². The first-order chi connectivity index (χ1) is 4.18. The van der Waals surface area contributed by atoms with Crippen molar-refractivity contribution < 1.29 is 5.11 Å². The Hall–Kier alpha value is 0.350. The monoisotopic (exact) mass is 151 g/mol. The second-order valence-corrected chi connectivity index (χ2v) is 2.71. The molecule has 3 atom stereocenters. The maximum atomic E-state index is 8.79. The van der Waals surface area contributed by atoms with E-state index < -0.39 is 0 Å². The first kappa shape index (κ1) is 12.1. The largest absolute Gasteiger partial charge is 0.391 e. The number of hydrogen-bond acceptors (Lipinski definition) is 2. The van der Waals surface area contributed by atoms with Crippen LogP contribution in [0.15, 0.2) is 0 Å². The van der Waals surface area contributed by atoms with E-state index in [1.54, 1.807) is 0 Å². The minimum absolute atomic E-state index is 0.213. The van der Waals surface area contributed by atoms with E-state index in [-0.39, 0.29) is 11.8 Å². The summed E-state index contributed by atoms with van der Waals surface area (Å²) in [4.78, 5) is 0. The molecule has 0 aliphatic rings. The molecule has 3 N–H and O–H groups in total. The second kappa shape index (κ2) is 8.35. The highest BCUT2D eigenvalue weighted by Gasteiger charge is 2.03. The summed E-state index contributed by atoms with van der Waals surface area (Å²) in [6.07, 6.45) is -0.356. The Bertz CT molecular complexity index is 50.3. The summed E-state index contributed by atoms with van der Waals surface area (Å²) in [5.41, 5.74) is 5.32. The van der Waals surface area contributed by atoms with Crippen LogP contribution >= 0.6 is 9.24 Å². The Morgan fingerprint density at radius 3 is 1.89 bits per heavy atom. The molecule has 2 nitrogen and oxygen atoms in total. The normalized spacial score (nSPS) is 15.3. The lowest BCUT2D eigenvalue weighted by atomic mass is 10.3. The minimum atomic E-state index is -0.356. The summed E-state index contributed by atoms with van der Waals surface area (Å²) in [5, 5.41) is 8.79. The van der Waals surface area contributed by atoms with Gasteiger partial charge in [0.25, 0.3) is 0 Å². The van der Waals surface area contributed by atoms with E-state index in [2.05, 4.69) is 9.24 Å². The standard InChI is InChI=1S/C4H12NOP.C2H6/c1-3(7)4(6)2-5;1-2/h3-4,6H,2,5,7H2,1H3;1-2H3. The van der Waals surface area contributed by atoms with Gasteiger partial charge in [0.15, 0.2) is 0 Å². The van der Waals surface area contributed by atoms with Crippen LogP contribution in [0.25, 0.3) is 0 Å². The van der Waals surface area contributed by atoms with Crippen LogP contribution in [0.3, 0.4) is 0 Å². The number of hydrogen-bond donors (Lipinski definition) is 2. The number of aliphatic hydroxyl groups is 1. The van der Waals surface area contributed by atoms with Gasteiger partial charge >= 0.3 is 0 Å². The maximum absolute atomic E-state index is 8.79. The molecule has 0 spiro atoms. The Morgan fingerprint density at radius 2 is 1.89 bits per heavy atom. The highest BCUT2D eigenvalue weighted by molar-refractivity contribution is 7.17. The lowest BCUT2D eigenvalue weighted by Gasteiger charge is -2.09. The third kappa shape index (κ3) is 8.35. The first-order valence-electron chi connectivity index (χ1n) is 3.32. The van der Waals surface area contributed by atoms with Crippen molar-refractivity contribution in [2.24, 2.45) is 5.73 Å². The van der Waals surface area contributed by atoms with Crippen LogP contribution in [-0.2, 0) is 0 Å². The molecular formula is C6H18NOP. The first-order valence-corrected chi connectivity index (χ1v) is 3.99. The van der Waals surface area contributed by atoms with Crippen molar-refractivity contribution in [1.29, 1.82) is 0 Å². The molecule has 0 rings (SSSR count). The third-order valence-electron chi connectivity index (χ3n) is 0.848. The van der Waals surface area contributed by atoms with E-state index in [0.29, 0.717) is 6.54 Å². The summed E-state index contributed by atoms with van der Waals surface area (Å²) >= 11 is 0. The number of nitrogens with two attached hydrogens (primary N) is 1. The summed E-state index contributed by atoms with van der Waals surface area (Å²) < 4.78 is 0. The van der Waals surface area contributed by atoms with Crippen molar-refractivity contribution in [3.8, 4) is 0 Å². The van der Waals surface area contributed by atoms with Gasteiger partial charge in [0.2, 0.25) is 0 Å². The average molecular weight is 151 g/mol. The molecule has 0 aromatic carbocycles. The fraction of sp³-hybridized carbons (Fsp3) is 1.00. The van der Waals surface area contributed by atoms with Crippen molar-refractivity contribution in [3.05, 3.63) is 0 Å². The average Bonchev–Trinajstić information content (AvgIpc) is 1.91. The van der Waals surface area contributed by atoms with E-state index >= 15 is 0 Å². The summed E-state index contributed by atoms with van der Waals surface area (Å²) in [6.45, 7) is 6.26. The molecule has 0 bridgehead atoms. The number of aliphatic hydroxyl groups excluding tert-OH is 1. The van der Waals surface area contributed by atoms with Crippen LogP contribution < -0.4 is 5.73 Å². The second-order valence-electron chi connectivity index (χ2n) is 1.66. The van der Waals surface area contributed by atoms with Crippen LogP contribution in [0, 0.1) is 0 Å². The fourth-order valence-corrected chi connectivity index (χ4v) is 0.372. The molecule has 0 amide bonds. The SMILES string of the molecule is CC.CC(P)C(O)CN. The molecule has 0 aliphatic heterocycles. The zero-order valence-electron chi connectivity index (χ0n) is 6.46. The summed E-state index contributed by atoms with van der Waals surface area (Å²) in [5.74, 6) is 0. The molecule has 0 saturated carbocycles. The van der Waals surface area contributed by atoms with Crippen LogP contribution in [0.4, 0.5) is 0 Å². The molecule has 0 aromatic rings. The maximum Gasteiger partial charge on any atom is 0.0722 e. The van der Waals surface area contributed by atoms with Gasteiger partial charge in [0.05, 0.1) is 6.10 Å². The molecule has 9 heavy (non-hydrogen) atoms. The van der Waals surface area contributed by atoms with Gasteiger partial charge in [0, 0.05) is 6.54 Å². The van der Waals surface area contributed by atoms with Crippen LogP contribution in [-0.4, -0.2) is 23.4 Å². The molecule has 0 radical (unpaired) electrons. The van der Waals surface area contributed by atoms with E-state index in [1.807, 2.05) is 20.8 Å². The van der Waals surface area contributed by atoms with Crippen LogP contribution in [0.1, 0.15) is 20.8 Å². The highest BCUT2D eigenvalue weighted by atomic mass is 31.0. The quantitative estimate of drug-likeness (QED) is 0.567. The van der Waals surface area contributed by atoms with Crippen molar-refractivity contribution in [2.75, 3.05) is 6.54 Å². The van der Waals surface area contributed by atoms with Gasteiger partial charge < -0.3 is 10.8 Å². The smallest absolute Gasteiger partial charge is 0.0722 e. The molecule has 3 heteroatoms. The molecule has 0 heterocycles. The van der Waals surface area contributed by atoms with Crippen molar-refractivity contribution >= 4 is 9.24 Å². The highest BCUT2D eigenvalue weighted by Crippen LogP contribution is 2.01. The van der Waals surface area contributed by atoms with Crippen molar-refractivity contribution in [2.45, 2.75) is 32.5 Å². The lowest BCUT2D eigenvalue weighted by molar-refractivity contribution is 0.184. The zero-order chi connectivity index (χ0) is 7.86. The molecule has 0 saturated heterocycles. The third-order valence-corrected chi connectivity index (χ3v) is 1.29. The van der Waals surface area contributed by atoms with E-state index in [1.165, 1.54) is 0 Å². The topological polar surface area (TPSA) is 46.2 Å². The van der Waals surface area contributed by atoms with Gasteiger partial charge in [-0.2, -0.15) is 0 Å². The van der Waals surface area contributed by atoms with Gasteiger partial charge in [0.1, 0.15) is 0 Å². The van der Waals surface area contributed by atoms with E-state index in [0.717, 1.165) is 0 Å². The van der Waals surface area contributed by atoms with Gasteiger partial charge in [-0.3, -0.25) is 0 Å². The Balaban J connectivity index is 0. The van der Waals surface area contributed by atoms with E-state index in [4.69, 9.17) is 10.8 Å². The van der Waals surface area contributed by atoms with Gasteiger partial charge in [-0.25, -0.2) is 0 Å². The predicted molar refractivity (Wildman–Crippen MR) is 45.6 cm³/mol. The van der Waals surface area contributed by atoms with Crippen LogP contribution in [0.5, 0.6) is 0 Å². The Labute approximate surface area is 60.0 Å². The minimum Gasteiger partial charge on any atom is -0.391 e. The Kier molecular flexibility index (Phi) is 11.2. The van der Waals surface area contributed by atoms with Crippen LogP contribution in [0.2, 0.25) is 0 Å². The lowest BCUT2D eigenvalue weighted by Crippen LogP contribution is -2.26. The Morgan fingerprint density at radius 1 is 1.56 bits per heavy atom. The molecule has 0 aliphatic carbocycles. The zero-order valence-corrected chi connectivity index (χ0v) is 7.62. The molecule has 0 fully saturated rings. The fourth-order valence-electron chi connectivity index (χ4n) is 0.215. The molecule has 3 unspecified atom stereocenters. The predicted octanol–water partition coefficient (Wildman–Crippen LogP) is 0.596. The van der Waals surface area contributed by atoms with Crippen molar-refractivity contribution in [3.63, 3.8) is 0 Å². The number of rotatable bonds is 2. The summed E-state index contributed by atoms with van der Waals surface area (Å²) in [6, 6.07) is 0. The van der Waals surface area contributed by atoms with Gasteiger partial charge in [-0.05, 0) is 5.66 Å². The van der Waals surface area contributed by atoms with Gasteiger partial charge in [-0.1, -0.05) is 20.8 Å². The van der Waals surface area contributed by atoms with Gasteiger partial charge in [-0.15, -0.1) is 9.24 Å².